The van der Waals surface area contributed by atoms with Crippen LogP contribution in [0.5, 0.6) is 5.75 Å². The smallest absolute Gasteiger partial charge is 0.257 e. The van der Waals surface area contributed by atoms with Crippen LogP contribution in [0.3, 0.4) is 0 Å². The van der Waals surface area contributed by atoms with E-state index in [0.717, 1.165) is 0 Å². The summed E-state index contributed by atoms with van der Waals surface area (Å²) in [4.78, 5) is 11.2. The number of hydrogen-bond donors (Lipinski definition) is 2. The highest BCUT2D eigenvalue weighted by atomic mass is 79.9. The van der Waals surface area contributed by atoms with Gasteiger partial charge in [-0.25, -0.2) is 13.6 Å². The zero-order chi connectivity index (χ0) is 14.6. The predicted molar refractivity (Wildman–Crippen MR) is 77.4 cm³/mol. The predicted octanol–water partition coefficient (Wildman–Crippen LogP) is 1.37. The first kappa shape index (κ1) is 16.4. The van der Waals surface area contributed by atoms with E-state index in [9.17, 15) is 13.2 Å². The monoisotopic (exact) mass is 414 g/mol. The van der Waals surface area contributed by atoms with Crippen molar-refractivity contribution in [1.82, 2.24) is 5.32 Å². The number of sulfonamides is 1. The Labute approximate surface area is 128 Å². The zero-order valence-electron chi connectivity index (χ0n) is 9.94. The van der Waals surface area contributed by atoms with Crippen LogP contribution in [0.2, 0.25) is 0 Å². The summed E-state index contributed by atoms with van der Waals surface area (Å²) < 4.78 is 28.5. The quantitative estimate of drug-likeness (QED) is 0.758. The maximum Gasteiger partial charge on any atom is 0.257 e. The molecule has 19 heavy (non-hydrogen) atoms. The maximum absolute atomic E-state index is 11.3. The molecule has 0 unspecified atom stereocenters. The van der Waals surface area contributed by atoms with Gasteiger partial charge in [0, 0.05) is 6.54 Å². The minimum absolute atomic E-state index is 0.0587. The zero-order valence-corrected chi connectivity index (χ0v) is 13.9. The summed E-state index contributed by atoms with van der Waals surface area (Å²) in [5.41, 5.74) is 0. The van der Waals surface area contributed by atoms with E-state index in [1.54, 1.807) is 6.92 Å². The van der Waals surface area contributed by atoms with E-state index >= 15 is 0 Å². The van der Waals surface area contributed by atoms with E-state index in [0.29, 0.717) is 21.2 Å². The number of halogens is 2. The van der Waals surface area contributed by atoms with Gasteiger partial charge in [-0.3, -0.25) is 4.79 Å². The highest BCUT2D eigenvalue weighted by Gasteiger charge is 2.16. The number of amides is 1. The molecule has 0 aliphatic heterocycles. The number of benzene rings is 1. The molecule has 0 aromatic heterocycles. The van der Waals surface area contributed by atoms with Crippen molar-refractivity contribution in [2.24, 2.45) is 5.14 Å². The van der Waals surface area contributed by atoms with Crippen LogP contribution in [0.4, 0.5) is 0 Å². The van der Waals surface area contributed by atoms with Crippen molar-refractivity contribution >= 4 is 47.8 Å². The Morgan fingerprint density at radius 2 is 1.89 bits per heavy atom. The number of carbonyl (C=O) groups excluding carboxylic acids is 1. The molecule has 0 fully saturated rings. The number of likely N-dealkylation sites (N-methyl/N-ethyl adjacent to an activating group) is 1. The Bertz CT molecular complexity index is 566. The van der Waals surface area contributed by atoms with Gasteiger partial charge in [-0.05, 0) is 50.9 Å². The largest absolute Gasteiger partial charge is 0.481 e. The van der Waals surface area contributed by atoms with Crippen LogP contribution in [-0.4, -0.2) is 27.5 Å². The minimum atomic E-state index is -3.80. The molecule has 1 amide bonds. The molecule has 1 rings (SSSR count). The summed E-state index contributed by atoms with van der Waals surface area (Å²) in [6.07, 6.45) is 0. The Morgan fingerprint density at radius 3 is 2.32 bits per heavy atom. The molecule has 0 aliphatic carbocycles. The molecular formula is C10H12Br2N2O4S. The van der Waals surface area contributed by atoms with Gasteiger partial charge in [0.05, 0.1) is 13.8 Å². The number of nitrogens with two attached hydrogens (primary N) is 1. The second kappa shape index (κ2) is 6.69. The summed E-state index contributed by atoms with van der Waals surface area (Å²) in [5, 5.41) is 7.61. The molecule has 0 aliphatic rings. The van der Waals surface area contributed by atoms with Gasteiger partial charge in [0.15, 0.2) is 6.61 Å². The second-order valence-corrected chi connectivity index (χ2v) is 6.77. The van der Waals surface area contributed by atoms with Crippen LogP contribution in [-0.2, 0) is 14.8 Å². The van der Waals surface area contributed by atoms with Crippen molar-refractivity contribution in [2.75, 3.05) is 13.2 Å². The van der Waals surface area contributed by atoms with Crippen LogP contribution in [0.25, 0.3) is 0 Å². The van der Waals surface area contributed by atoms with Gasteiger partial charge in [0.25, 0.3) is 5.91 Å². The van der Waals surface area contributed by atoms with E-state index in [1.165, 1.54) is 12.1 Å². The van der Waals surface area contributed by atoms with Crippen LogP contribution >= 0.6 is 31.9 Å². The second-order valence-electron chi connectivity index (χ2n) is 3.50. The van der Waals surface area contributed by atoms with Gasteiger partial charge >= 0.3 is 0 Å². The van der Waals surface area contributed by atoms with Gasteiger partial charge < -0.3 is 10.1 Å². The third kappa shape index (κ3) is 4.75. The van der Waals surface area contributed by atoms with Crippen molar-refractivity contribution in [1.29, 1.82) is 0 Å². The fraction of sp³-hybridized carbons (Fsp3) is 0.300. The van der Waals surface area contributed by atoms with E-state index < -0.39 is 10.0 Å². The molecule has 0 saturated carbocycles. The average Bonchev–Trinajstić information content (AvgIpc) is 2.26. The first-order valence-corrected chi connectivity index (χ1v) is 8.30. The Balaban J connectivity index is 2.95. The summed E-state index contributed by atoms with van der Waals surface area (Å²) in [7, 11) is -3.80. The van der Waals surface area contributed by atoms with Crippen LogP contribution in [0.1, 0.15) is 6.92 Å². The molecule has 0 saturated heterocycles. The average molecular weight is 416 g/mol. The van der Waals surface area contributed by atoms with Gasteiger partial charge in [0.1, 0.15) is 5.75 Å². The molecule has 0 spiro atoms. The fourth-order valence-electron chi connectivity index (χ4n) is 1.22. The summed E-state index contributed by atoms with van der Waals surface area (Å²) >= 11 is 6.35. The lowest BCUT2D eigenvalue weighted by Gasteiger charge is -2.11. The molecule has 0 heterocycles. The number of nitrogens with one attached hydrogen (secondary N) is 1. The van der Waals surface area contributed by atoms with E-state index in [4.69, 9.17) is 9.88 Å². The molecular weight excluding hydrogens is 404 g/mol. The first-order chi connectivity index (χ1) is 8.75. The standard InChI is InChI=1S/C10H12Br2N2O4S/c1-2-14-9(15)5-18-10-7(11)3-6(4-8(10)12)19(13,16)17/h3-4H,2,5H2,1H3,(H,14,15)(H2,13,16,17). The van der Waals surface area contributed by atoms with Gasteiger partial charge in [-0.1, -0.05) is 0 Å². The molecule has 0 bridgehead atoms. The molecule has 6 nitrogen and oxygen atoms in total. The summed E-state index contributed by atoms with van der Waals surface area (Å²) in [6.45, 7) is 2.14. The molecule has 0 atom stereocenters. The first-order valence-electron chi connectivity index (χ1n) is 5.17. The highest BCUT2D eigenvalue weighted by molar-refractivity contribution is 9.11. The van der Waals surface area contributed by atoms with Crippen molar-refractivity contribution in [3.05, 3.63) is 21.1 Å². The lowest BCUT2D eigenvalue weighted by atomic mass is 10.3. The molecule has 1 aromatic rings. The lowest BCUT2D eigenvalue weighted by molar-refractivity contribution is -0.123. The number of hydrogen-bond acceptors (Lipinski definition) is 4. The van der Waals surface area contributed by atoms with Gasteiger partial charge in [-0.15, -0.1) is 0 Å². The van der Waals surface area contributed by atoms with Crippen LogP contribution < -0.4 is 15.2 Å². The van der Waals surface area contributed by atoms with Gasteiger partial charge in [0.2, 0.25) is 10.0 Å². The van der Waals surface area contributed by atoms with Crippen molar-refractivity contribution < 1.29 is 17.9 Å². The minimum Gasteiger partial charge on any atom is -0.481 e. The third-order valence-electron chi connectivity index (χ3n) is 2.02. The van der Waals surface area contributed by atoms with Crippen molar-refractivity contribution in [3.8, 4) is 5.75 Å². The molecule has 0 radical (unpaired) electrons. The third-order valence-corrected chi connectivity index (χ3v) is 4.09. The molecule has 3 N–H and O–H groups in total. The normalized spacial score (nSPS) is 11.2. The number of carbonyl (C=O) groups is 1. The van der Waals surface area contributed by atoms with Crippen LogP contribution in [0.15, 0.2) is 26.0 Å². The van der Waals surface area contributed by atoms with Crippen LogP contribution in [0, 0.1) is 0 Å². The maximum atomic E-state index is 11.3. The van der Waals surface area contributed by atoms with Crippen molar-refractivity contribution in [3.63, 3.8) is 0 Å². The molecule has 106 valence electrons. The van der Waals surface area contributed by atoms with E-state index in [-0.39, 0.29) is 17.4 Å². The Kier molecular flexibility index (Phi) is 5.78. The van der Waals surface area contributed by atoms with Crippen molar-refractivity contribution in [2.45, 2.75) is 11.8 Å². The Morgan fingerprint density at radius 1 is 1.37 bits per heavy atom. The molecule has 1 aromatic carbocycles. The fourth-order valence-corrected chi connectivity index (χ4v) is 3.51. The topological polar surface area (TPSA) is 98.5 Å². The summed E-state index contributed by atoms with van der Waals surface area (Å²) in [6, 6.07) is 2.63. The lowest BCUT2D eigenvalue weighted by Crippen LogP contribution is -2.28. The summed E-state index contributed by atoms with van der Waals surface area (Å²) in [5.74, 6) is 0.0653. The Hall–Kier alpha value is -0.640. The number of rotatable bonds is 5. The number of primary sulfonamides is 1. The van der Waals surface area contributed by atoms with E-state index in [2.05, 4.69) is 37.2 Å². The molecule has 9 heteroatoms. The van der Waals surface area contributed by atoms with E-state index in [1.807, 2.05) is 0 Å². The van der Waals surface area contributed by atoms with Gasteiger partial charge in [-0.2, -0.15) is 0 Å². The SMILES string of the molecule is CCNC(=O)COc1c(Br)cc(S(N)(=O)=O)cc1Br. The number of ether oxygens (including phenoxy) is 1. The highest BCUT2D eigenvalue weighted by Crippen LogP contribution is 2.35.